The van der Waals surface area contributed by atoms with Crippen molar-refractivity contribution >= 4 is 11.8 Å². The lowest BCUT2D eigenvalue weighted by Gasteiger charge is -2.22. The second kappa shape index (κ2) is 7.82. The van der Waals surface area contributed by atoms with Crippen molar-refractivity contribution in [2.75, 3.05) is 40.5 Å². The van der Waals surface area contributed by atoms with E-state index in [4.69, 9.17) is 9.47 Å². The summed E-state index contributed by atoms with van der Waals surface area (Å²) in [5, 5.41) is 2.82. The summed E-state index contributed by atoms with van der Waals surface area (Å²) < 4.78 is 10.6. The fourth-order valence-electron chi connectivity index (χ4n) is 2.15. The highest BCUT2D eigenvalue weighted by Gasteiger charge is 2.15. The van der Waals surface area contributed by atoms with Gasteiger partial charge in [-0.05, 0) is 31.8 Å². The zero-order chi connectivity index (χ0) is 16.8. The number of likely N-dealkylation sites (N-methyl/N-ethyl adjacent to an activating group) is 1. The van der Waals surface area contributed by atoms with Crippen LogP contribution in [-0.4, -0.2) is 62.1 Å². The Balaban J connectivity index is 1.82. The van der Waals surface area contributed by atoms with E-state index in [0.717, 1.165) is 12.1 Å². The Morgan fingerprint density at radius 3 is 2.61 bits per heavy atom. The molecular formula is C16H23N3O4. The van der Waals surface area contributed by atoms with Gasteiger partial charge in [-0.25, -0.2) is 0 Å². The molecule has 0 saturated heterocycles. The lowest BCUT2D eigenvalue weighted by molar-refractivity contribution is -0.134. The van der Waals surface area contributed by atoms with E-state index in [1.807, 2.05) is 37.2 Å². The van der Waals surface area contributed by atoms with E-state index in [0.29, 0.717) is 24.6 Å². The smallest absolute Gasteiger partial charge is 0.239 e. The molecule has 0 saturated carbocycles. The van der Waals surface area contributed by atoms with Crippen molar-refractivity contribution in [3.63, 3.8) is 0 Å². The van der Waals surface area contributed by atoms with Crippen molar-refractivity contribution in [2.24, 2.45) is 0 Å². The van der Waals surface area contributed by atoms with Crippen LogP contribution in [-0.2, 0) is 16.1 Å². The Morgan fingerprint density at radius 2 is 1.91 bits per heavy atom. The summed E-state index contributed by atoms with van der Waals surface area (Å²) in [5.74, 6) is 1.11. The molecule has 2 amide bonds. The number of hydrogen-bond acceptors (Lipinski definition) is 5. The molecule has 1 aliphatic heterocycles. The zero-order valence-corrected chi connectivity index (χ0v) is 13.8. The topological polar surface area (TPSA) is 71.1 Å². The van der Waals surface area contributed by atoms with Gasteiger partial charge in [-0.1, -0.05) is 6.07 Å². The summed E-state index contributed by atoms with van der Waals surface area (Å²) in [5.41, 5.74) is 0.922. The number of carbonyl (C=O) groups is 2. The Hall–Kier alpha value is -2.28. The fourth-order valence-corrected chi connectivity index (χ4v) is 2.15. The van der Waals surface area contributed by atoms with Crippen molar-refractivity contribution in [1.82, 2.24) is 15.1 Å². The van der Waals surface area contributed by atoms with Crippen LogP contribution in [0, 0.1) is 0 Å². The first-order valence-electron chi connectivity index (χ1n) is 7.51. The first kappa shape index (κ1) is 17.1. The van der Waals surface area contributed by atoms with Gasteiger partial charge in [-0.2, -0.15) is 0 Å². The molecule has 0 aliphatic carbocycles. The molecule has 1 aromatic rings. The molecule has 0 radical (unpaired) electrons. The molecule has 1 aromatic carbocycles. The Morgan fingerprint density at radius 1 is 1.17 bits per heavy atom. The highest BCUT2D eigenvalue weighted by Crippen LogP contribution is 2.32. The number of carbonyl (C=O) groups excluding carboxylic acids is 2. The van der Waals surface area contributed by atoms with E-state index < -0.39 is 0 Å². The Kier molecular flexibility index (Phi) is 5.81. The summed E-state index contributed by atoms with van der Waals surface area (Å²) in [6, 6.07) is 5.54. The second-order valence-corrected chi connectivity index (χ2v) is 5.71. The second-order valence-electron chi connectivity index (χ2n) is 5.71. The fraction of sp³-hybridized carbons (Fsp3) is 0.500. The molecule has 7 heteroatoms. The van der Waals surface area contributed by atoms with Gasteiger partial charge in [0, 0.05) is 26.6 Å². The largest absolute Gasteiger partial charge is 0.454 e. The maximum absolute atomic E-state index is 12.0. The lowest BCUT2D eigenvalue weighted by atomic mass is 10.2. The average Bonchev–Trinajstić information content (AvgIpc) is 2.96. The predicted octanol–water partition coefficient (Wildman–Crippen LogP) is 0.442. The third kappa shape index (κ3) is 5.14. The van der Waals surface area contributed by atoms with Gasteiger partial charge in [0.1, 0.15) is 0 Å². The number of nitrogens with one attached hydrogen (secondary N) is 1. The quantitative estimate of drug-likeness (QED) is 0.789. The normalized spacial score (nSPS) is 12.3. The van der Waals surface area contributed by atoms with Crippen LogP contribution < -0.4 is 14.8 Å². The van der Waals surface area contributed by atoms with Gasteiger partial charge < -0.3 is 24.6 Å². The number of rotatable bonds is 7. The molecule has 0 atom stereocenters. The number of hydrogen-bond donors (Lipinski definition) is 1. The third-order valence-electron chi connectivity index (χ3n) is 3.52. The molecular weight excluding hydrogens is 298 g/mol. The summed E-state index contributed by atoms with van der Waals surface area (Å²) in [7, 11) is 3.86. The van der Waals surface area contributed by atoms with E-state index in [9.17, 15) is 9.59 Å². The van der Waals surface area contributed by atoms with E-state index in [-0.39, 0.29) is 25.2 Å². The van der Waals surface area contributed by atoms with Crippen LogP contribution in [0.4, 0.5) is 0 Å². The van der Waals surface area contributed by atoms with Crippen LogP contribution in [0.2, 0.25) is 0 Å². The Labute approximate surface area is 136 Å². The molecule has 2 rings (SSSR count). The van der Waals surface area contributed by atoms with Crippen molar-refractivity contribution in [2.45, 2.75) is 13.5 Å². The molecule has 23 heavy (non-hydrogen) atoms. The van der Waals surface area contributed by atoms with Crippen LogP contribution in [0.25, 0.3) is 0 Å². The van der Waals surface area contributed by atoms with Crippen LogP contribution >= 0.6 is 0 Å². The maximum Gasteiger partial charge on any atom is 0.239 e. The van der Waals surface area contributed by atoms with Gasteiger partial charge in [-0.15, -0.1) is 0 Å². The molecule has 0 fully saturated rings. The monoisotopic (exact) mass is 321 g/mol. The van der Waals surface area contributed by atoms with Crippen molar-refractivity contribution in [3.05, 3.63) is 23.8 Å². The SMILES string of the molecule is CC(=O)N(CCN(C)C)CC(=O)NCc1ccc2c(c1)OCO2. The van der Waals surface area contributed by atoms with Crippen LogP contribution in [0.1, 0.15) is 12.5 Å². The first-order valence-corrected chi connectivity index (χ1v) is 7.51. The van der Waals surface area contributed by atoms with Gasteiger partial charge in [0.2, 0.25) is 18.6 Å². The van der Waals surface area contributed by atoms with E-state index in [2.05, 4.69) is 5.32 Å². The van der Waals surface area contributed by atoms with Crippen LogP contribution in [0.5, 0.6) is 11.5 Å². The maximum atomic E-state index is 12.0. The number of fused-ring (bicyclic) bond motifs is 1. The number of amides is 2. The minimum Gasteiger partial charge on any atom is -0.454 e. The van der Waals surface area contributed by atoms with Gasteiger partial charge in [-0.3, -0.25) is 9.59 Å². The Bertz CT molecular complexity index is 574. The van der Waals surface area contributed by atoms with E-state index in [1.54, 1.807) is 0 Å². The molecule has 7 nitrogen and oxygen atoms in total. The van der Waals surface area contributed by atoms with E-state index in [1.165, 1.54) is 11.8 Å². The van der Waals surface area contributed by atoms with Gasteiger partial charge in [0.25, 0.3) is 0 Å². The van der Waals surface area contributed by atoms with Crippen LogP contribution in [0.15, 0.2) is 18.2 Å². The average molecular weight is 321 g/mol. The minimum atomic E-state index is -0.184. The number of nitrogens with zero attached hydrogens (tertiary/aromatic N) is 2. The van der Waals surface area contributed by atoms with E-state index >= 15 is 0 Å². The summed E-state index contributed by atoms with van der Waals surface area (Å²) in [6.07, 6.45) is 0. The number of benzene rings is 1. The zero-order valence-electron chi connectivity index (χ0n) is 13.8. The van der Waals surface area contributed by atoms with Crippen LogP contribution in [0.3, 0.4) is 0 Å². The predicted molar refractivity (Wildman–Crippen MR) is 85.2 cm³/mol. The molecule has 1 heterocycles. The van der Waals surface area contributed by atoms with Gasteiger partial charge in [0.15, 0.2) is 11.5 Å². The minimum absolute atomic E-state index is 0.0632. The third-order valence-corrected chi connectivity index (χ3v) is 3.52. The highest BCUT2D eigenvalue weighted by atomic mass is 16.7. The lowest BCUT2D eigenvalue weighted by Crippen LogP contribution is -2.42. The van der Waals surface area contributed by atoms with Crippen molar-refractivity contribution in [3.8, 4) is 11.5 Å². The summed E-state index contributed by atoms with van der Waals surface area (Å²) in [4.78, 5) is 27.1. The molecule has 0 bridgehead atoms. The standard InChI is InChI=1S/C16H23N3O4/c1-12(20)19(7-6-18(2)3)10-16(21)17-9-13-4-5-14-15(8-13)23-11-22-14/h4-5,8H,6-7,9-11H2,1-3H3,(H,17,21). The molecule has 1 N–H and O–H groups in total. The number of ether oxygens (including phenoxy) is 2. The van der Waals surface area contributed by atoms with Crippen molar-refractivity contribution < 1.29 is 19.1 Å². The first-order chi connectivity index (χ1) is 11.0. The molecule has 0 unspecified atom stereocenters. The van der Waals surface area contributed by atoms with Gasteiger partial charge >= 0.3 is 0 Å². The summed E-state index contributed by atoms with van der Waals surface area (Å²) >= 11 is 0. The molecule has 1 aliphatic rings. The van der Waals surface area contributed by atoms with Gasteiger partial charge in [0.05, 0.1) is 6.54 Å². The molecule has 0 spiro atoms. The molecule has 126 valence electrons. The summed E-state index contributed by atoms with van der Waals surface area (Å²) in [6.45, 7) is 3.39. The molecule has 0 aromatic heterocycles. The van der Waals surface area contributed by atoms with Crippen molar-refractivity contribution in [1.29, 1.82) is 0 Å². The highest BCUT2D eigenvalue weighted by molar-refractivity contribution is 5.83.